The van der Waals surface area contributed by atoms with E-state index in [1.807, 2.05) is 36.4 Å². The Labute approximate surface area is 202 Å². The second-order valence-electron chi connectivity index (χ2n) is 7.05. The normalized spacial score (nSPS) is 15.0. The van der Waals surface area contributed by atoms with Crippen LogP contribution < -0.4 is 5.32 Å². The standard InChI is InChI=1S/C23H22Cl2N2O2S2/c24-18-11-7-10-17(21(18)25)14-19-22(29)27(23(30)31-19)13-6-2-5-12-20(28)26-15-16-8-3-1-4-9-16/h1,3-4,7-11,14H,2,5-6,12-13,15H2,(H,26,28)/b19-14-. The Kier molecular flexibility index (Phi) is 8.96. The first-order valence-corrected chi connectivity index (χ1v) is 11.9. The summed E-state index contributed by atoms with van der Waals surface area (Å²) in [6, 6.07) is 15.1. The molecular weight excluding hydrogens is 471 g/mol. The summed E-state index contributed by atoms with van der Waals surface area (Å²) in [5.74, 6) is -0.0811. The van der Waals surface area contributed by atoms with Gasteiger partial charge >= 0.3 is 0 Å². The number of nitrogens with one attached hydrogen (secondary N) is 1. The van der Waals surface area contributed by atoms with E-state index in [0.717, 1.165) is 24.8 Å². The molecule has 0 aliphatic carbocycles. The maximum atomic E-state index is 12.7. The first kappa shape index (κ1) is 23.8. The highest BCUT2D eigenvalue weighted by atomic mass is 35.5. The number of carbonyl (C=O) groups is 2. The van der Waals surface area contributed by atoms with Gasteiger partial charge in [-0.3, -0.25) is 14.5 Å². The van der Waals surface area contributed by atoms with Crippen molar-refractivity contribution in [3.05, 3.63) is 74.6 Å². The van der Waals surface area contributed by atoms with Crippen LogP contribution in [0.4, 0.5) is 0 Å². The van der Waals surface area contributed by atoms with Gasteiger partial charge in [-0.2, -0.15) is 0 Å². The van der Waals surface area contributed by atoms with Gasteiger partial charge in [-0.1, -0.05) is 96.1 Å². The first-order chi connectivity index (χ1) is 15.0. The van der Waals surface area contributed by atoms with Gasteiger partial charge in [0.05, 0.1) is 15.0 Å². The lowest BCUT2D eigenvalue weighted by Gasteiger charge is -2.14. The third kappa shape index (κ3) is 6.81. The Morgan fingerprint density at radius 3 is 2.61 bits per heavy atom. The molecule has 4 nitrogen and oxygen atoms in total. The van der Waals surface area contributed by atoms with Crippen molar-refractivity contribution in [3.63, 3.8) is 0 Å². The van der Waals surface area contributed by atoms with Crippen molar-refractivity contribution < 1.29 is 9.59 Å². The first-order valence-electron chi connectivity index (χ1n) is 9.95. The Hall–Kier alpha value is -1.86. The largest absolute Gasteiger partial charge is 0.352 e. The molecule has 2 amide bonds. The Bertz CT molecular complexity index is 996. The van der Waals surface area contributed by atoms with Crippen LogP contribution in [0.25, 0.3) is 6.08 Å². The molecule has 1 N–H and O–H groups in total. The van der Waals surface area contributed by atoms with Gasteiger partial charge in [-0.15, -0.1) is 0 Å². The van der Waals surface area contributed by atoms with Crippen molar-refractivity contribution in [2.75, 3.05) is 6.54 Å². The average Bonchev–Trinajstić information content (AvgIpc) is 3.03. The summed E-state index contributed by atoms with van der Waals surface area (Å²) < 4.78 is 0.537. The number of benzene rings is 2. The summed E-state index contributed by atoms with van der Waals surface area (Å²) in [6.07, 6.45) is 4.59. The second-order valence-corrected chi connectivity index (χ2v) is 9.51. The molecule has 0 aromatic heterocycles. The van der Waals surface area contributed by atoms with E-state index in [0.29, 0.717) is 44.3 Å². The molecule has 0 saturated carbocycles. The van der Waals surface area contributed by atoms with Gasteiger partial charge in [-0.05, 0) is 36.1 Å². The number of rotatable bonds is 9. The fourth-order valence-electron chi connectivity index (χ4n) is 3.08. The highest BCUT2D eigenvalue weighted by Crippen LogP contribution is 2.35. The quantitative estimate of drug-likeness (QED) is 0.262. The summed E-state index contributed by atoms with van der Waals surface area (Å²) >= 11 is 18.9. The number of amides is 2. The van der Waals surface area contributed by atoms with E-state index < -0.39 is 0 Å². The lowest BCUT2D eigenvalue weighted by Crippen LogP contribution is -2.29. The number of thioether (sulfide) groups is 1. The third-order valence-electron chi connectivity index (χ3n) is 4.76. The molecule has 3 rings (SSSR count). The van der Waals surface area contributed by atoms with Crippen molar-refractivity contribution in [1.82, 2.24) is 10.2 Å². The molecule has 1 aliphatic heterocycles. The molecule has 0 bridgehead atoms. The number of halogens is 2. The fourth-order valence-corrected chi connectivity index (χ4v) is 4.74. The minimum absolute atomic E-state index is 0.0378. The van der Waals surface area contributed by atoms with Gasteiger partial charge in [0.1, 0.15) is 4.32 Å². The van der Waals surface area contributed by atoms with Crippen LogP contribution in [-0.4, -0.2) is 27.6 Å². The molecule has 1 heterocycles. The molecule has 31 heavy (non-hydrogen) atoms. The smallest absolute Gasteiger partial charge is 0.266 e. The van der Waals surface area contributed by atoms with Crippen LogP contribution in [0, 0.1) is 0 Å². The van der Waals surface area contributed by atoms with E-state index in [1.165, 1.54) is 11.8 Å². The fraction of sp³-hybridized carbons (Fsp3) is 0.261. The minimum Gasteiger partial charge on any atom is -0.352 e. The molecule has 1 fully saturated rings. The number of thiocarbonyl (C=S) groups is 1. The summed E-state index contributed by atoms with van der Waals surface area (Å²) in [6.45, 7) is 1.08. The van der Waals surface area contributed by atoms with E-state index in [-0.39, 0.29) is 11.8 Å². The van der Waals surface area contributed by atoms with E-state index in [2.05, 4.69) is 5.32 Å². The SMILES string of the molecule is O=C(CCCCCN1C(=O)/C(=C/c2cccc(Cl)c2Cl)SC1=S)NCc1ccccc1. The molecule has 1 saturated heterocycles. The van der Waals surface area contributed by atoms with Crippen molar-refractivity contribution in [1.29, 1.82) is 0 Å². The predicted molar refractivity (Wildman–Crippen MR) is 133 cm³/mol. The molecule has 8 heteroatoms. The molecule has 2 aromatic carbocycles. The second kappa shape index (κ2) is 11.7. The molecule has 1 aliphatic rings. The number of unbranched alkanes of at least 4 members (excludes halogenated alkanes) is 2. The van der Waals surface area contributed by atoms with Crippen LogP contribution >= 0.6 is 47.2 Å². The van der Waals surface area contributed by atoms with E-state index >= 15 is 0 Å². The topological polar surface area (TPSA) is 49.4 Å². The van der Waals surface area contributed by atoms with Crippen molar-refractivity contribution in [3.8, 4) is 0 Å². The lowest BCUT2D eigenvalue weighted by molar-refractivity contribution is -0.123. The monoisotopic (exact) mass is 492 g/mol. The molecule has 0 radical (unpaired) electrons. The van der Waals surface area contributed by atoms with Crippen LogP contribution in [0.1, 0.15) is 36.8 Å². The van der Waals surface area contributed by atoms with E-state index in [4.69, 9.17) is 35.4 Å². The summed E-state index contributed by atoms with van der Waals surface area (Å²) in [7, 11) is 0. The van der Waals surface area contributed by atoms with Crippen LogP contribution in [0.2, 0.25) is 10.0 Å². The van der Waals surface area contributed by atoms with Gasteiger partial charge in [0.2, 0.25) is 5.91 Å². The molecule has 162 valence electrons. The number of carbonyl (C=O) groups excluding carboxylic acids is 2. The zero-order chi connectivity index (χ0) is 22.2. The van der Waals surface area contributed by atoms with Crippen LogP contribution in [0.5, 0.6) is 0 Å². The van der Waals surface area contributed by atoms with Gasteiger partial charge in [0, 0.05) is 19.5 Å². The van der Waals surface area contributed by atoms with Gasteiger partial charge in [0.15, 0.2) is 0 Å². The van der Waals surface area contributed by atoms with E-state index in [9.17, 15) is 9.59 Å². The zero-order valence-electron chi connectivity index (χ0n) is 16.8. The predicted octanol–water partition coefficient (Wildman–Crippen LogP) is 6.07. The van der Waals surface area contributed by atoms with Crippen LogP contribution in [-0.2, 0) is 16.1 Å². The van der Waals surface area contributed by atoms with Crippen molar-refractivity contribution in [2.45, 2.75) is 32.2 Å². The highest BCUT2D eigenvalue weighted by Gasteiger charge is 2.31. The Morgan fingerprint density at radius 2 is 1.84 bits per heavy atom. The van der Waals surface area contributed by atoms with Crippen LogP contribution in [0.15, 0.2) is 53.4 Å². The van der Waals surface area contributed by atoms with Crippen LogP contribution in [0.3, 0.4) is 0 Å². The molecular formula is C23H22Cl2N2O2S2. The number of hydrogen-bond acceptors (Lipinski definition) is 4. The van der Waals surface area contributed by atoms with Crippen molar-refractivity contribution >= 4 is 69.4 Å². The van der Waals surface area contributed by atoms with Gasteiger partial charge in [0.25, 0.3) is 5.91 Å². The Morgan fingerprint density at radius 1 is 1.06 bits per heavy atom. The highest BCUT2D eigenvalue weighted by molar-refractivity contribution is 8.26. The van der Waals surface area contributed by atoms with Gasteiger partial charge < -0.3 is 5.32 Å². The maximum Gasteiger partial charge on any atom is 0.266 e. The molecule has 2 aromatic rings. The summed E-state index contributed by atoms with van der Waals surface area (Å²) in [4.78, 5) is 26.8. The van der Waals surface area contributed by atoms with E-state index in [1.54, 1.807) is 23.1 Å². The minimum atomic E-state index is -0.119. The molecule has 0 spiro atoms. The summed E-state index contributed by atoms with van der Waals surface area (Å²) in [5.41, 5.74) is 1.77. The molecule has 0 atom stereocenters. The maximum absolute atomic E-state index is 12.7. The number of hydrogen-bond donors (Lipinski definition) is 1. The zero-order valence-corrected chi connectivity index (χ0v) is 19.9. The number of nitrogens with zero attached hydrogens (tertiary/aromatic N) is 1. The van der Waals surface area contributed by atoms with Crippen molar-refractivity contribution in [2.24, 2.45) is 0 Å². The Balaban J connectivity index is 1.41. The van der Waals surface area contributed by atoms with Gasteiger partial charge in [-0.25, -0.2) is 0 Å². The molecule has 0 unspecified atom stereocenters. The summed E-state index contributed by atoms with van der Waals surface area (Å²) in [5, 5.41) is 3.79. The average molecular weight is 493 g/mol. The third-order valence-corrected chi connectivity index (χ3v) is 6.97. The lowest BCUT2D eigenvalue weighted by atomic mass is 10.1.